The summed E-state index contributed by atoms with van der Waals surface area (Å²) in [6.45, 7) is 3.88. The number of hydrogen-bond donors (Lipinski definition) is 4. The summed E-state index contributed by atoms with van der Waals surface area (Å²) in [7, 11) is 2.79. The number of aryl methyl sites for hydroxylation is 1. The van der Waals surface area contributed by atoms with Crippen molar-refractivity contribution in [1.29, 1.82) is 0 Å². The number of nitrogen functional groups attached to an aromatic ring is 1. The average molecular weight is 521 g/mol. The highest BCUT2D eigenvalue weighted by Gasteiger charge is 2.14. The van der Waals surface area contributed by atoms with E-state index in [2.05, 4.69) is 20.7 Å². The predicted octanol–water partition coefficient (Wildman–Crippen LogP) is 4.14. The van der Waals surface area contributed by atoms with Crippen LogP contribution < -0.4 is 31.2 Å². The number of nitrogens with one attached hydrogen (secondary N) is 3. The van der Waals surface area contributed by atoms with E-state index in [1.165, 1.54) is 20.3 Å². The van der Waals surface area contributed by atoms with Crippen molar-refractivity contribution in [2.75, 3.05) is 37.2 Å². The Hall–Kier alpha value is -4.73. The maximum absolute atomic E-state index is 12.6. The number of urea groups is 1. The van der Waals surface area contributed by atoms with Crippen LogP contribution in [0.25, 0.3) is 0 Å². The monoisotopic (exact) mass is 520 g/mol. The first-order chi connectivity index (χ1) is 18.2. The molecule has 0 unspecified atom stereocenters. The molecule has 0 aliphatic rings. The second-order valence-electron chi connectivity index (χ2n) is 8.63. The van der Waals surface area contributed by atoms with E-state index < -0.39 is 12.0 Å². The van der Waals surface area contributed by atoms with Gasteiger partial charge in [-0.3, -0.25) is 4.79 Å². The zero-order chi connectivity index (χ0) is 27.7. The van der Waals surface area contributed by atoms with E-state index in [0.717, 1.165) is 5.56 Å². The van der Waals surface area contributed by atoms with E-state index >= 15 is 0 Å². The summed E-state index contributed by atoms with van der Waals surface area (Å²) in [6.07, 6.45) is 0.104. The van der Waals surface area contributed by atoms with Crippen LogP contribution >= 0.6 is 0 Å². The summed E-state index contributed by atoms with van der Waals surface area (Å²) in [5.41, 5.74) is 9.40. The van der Waals surface area contributed by atoms with Gasteiger partial charge < -0.3 is 35.9 Å². The number of ether oxygens (including phenoxy) is 3. The van der Waals surface area contributed by atoms with E-state index in [1.54, 1.807) is 37.3 Å². The molecule has 0 saturated heterocycles. The Morgan fingerprint density at radius 1 is 0.921 bits per heavy atom. The lowest BCUT2D eigenvalue weighted by Crippen LogP contribution is -2.37. The first kappa shape index (κ1) is 27.9. The van der Waals surface area contributed by atoms with E-state index in [9.17, 15) is 14.4 Å². The molecule has 0 aliphatic heterocycles. The lowest BCUT2D eigenvalue weighted by atomic mass is 10.1. The molecule has 10 heteroatoms. The second kappa shape index (κ2) is 13.0. The molecule has 10 nitrogen and oxygen atoms in total. The van der Waals surface area contributed by atoms with Crippen molar-refractivity contribution in [3.63, 3.8) is 0 Å². The maximum Gasteiger partial charge on any atom is 0.337 e. The first-order valence-electron chi connectivity index (χ1n) is 11.9. The van der Waals surface area contributed by atoms with E-state index in [1.807, 2.05) is 31.2 Å². The van der Waals surface area contributed by atoms with Crippen LogP contribution in [0.3, 0.4) is 0 Å². The minimum atomic E-state index is -0.491. The summed E-state index contributed by atoms with van der Waals surface area (Å²) in [5, 5.41) is 8.45. The Kier molecular flexibility index (Phi) is 9.53. The number of amides is 3. The molecule has 0 fully saturated rings. The van der Waals surface area contributed by atoms with Crippen molar-refractivity contribution >= 4 is 35.0 Å². The van der Waals surface area contributed by atoms with Gasteiger partial charge in [0.05, 0.1) is 43.6 Å². The number of benzene rings is 3. The zero-order valence-corrected chi connectivity index (χ0v) is 21.8. The largest absolute Gasteiger partial charge is 0.495 e. The molecule has 0 aromatic heterocycles. The lowest BCUT2D eigenvalue weighted by molar-refractivity contribution is -0.121. The SMILES string of the molecule is COC(=O)c1ccc(OC[C@H](C)NC(=O)Cc2ccc(NC(=O)Nc3ccccc3C)c(OC)c2)c(N)c1. The fraction of sp³-hybridized carbons (Fsp3) is 0.250. The highest BCUT2D eigenvalue weighted by molar-refractivity contribution is 6.01. The molecule has 3 aromatic rings. The normalized spacial score (nSPS) is 11.2. The van der Waals surface area contributed by atoms with Crippen molar-refractivity contribution in [2.45, 2.75) is 26.3 Å². The van der Waals surface area contributed by atoms with Gasteiger partial charge in [0.25, 0.3) is 0 Å². The molecule has 5 N–H and O–H groups in total. The van der Waals surface area contributed by atoms with Crippen LogP contribution in [-0.2, 0) is 16.0 Å². The Morgan fingerprint density at radius 2 is 1.66 bits per heavy atom. The second-order valence-corrected chi connectivity index (χ2v) is 8.63. The number of anilines is 3. The predicted molar refractivity (Wildman–Crippen MR) is 146 cm³/mol. The summed E-state index contributed by atoms with van der Waals surface area (Å²) >= 11 is 0. The third-order valence-corrected chi connectivity index (χ3v) is 5.60. The van der Waals surface area contributed by atoms with Crippen molar-refractivity contribution in [3.05, 3.63) is 77.4 Å². The lowest BCUT2D eigenvalue weighted by Gasteiger charge is -2.17. The number of rotatable bonds is 10. The fourth-order valence-electron chi connectivity index (χ4n) is 3.63. The van der Waals surface area contributed by atoms with Gasteiger partial charge in [-0.05, 0) is 61.4 Å². The number of carbonyl (C=O) groups is 3. The molecule has 3 rings (SSSR count). The molecule has 0 bridgehead atoms. The van der Waals surface area contributed by atoms with Crippen LogP contribution in [0.5, 0.6) is 11.5 Å². The van der Waals surface area contributed by atoms with Crippen LogP contribution in [0.4, 0.5) is 21.9 Å². The number of esters is 1. The van der Waals surface area contributed by atoms with Crippen LogP contribution in [0.15, 0.2) is 60.7 Å². The molecule has 3 aromatic carbocycles. The molecule has 0 saturated carbocycles. The third-order valence-electron chi connectivity index (χ3n) is 5.60. The molecular weight excluding hydrogens is 488 g/mol. The summed E-state index contributed by atoms with van der Waals surface area (Å²) < 4.78 is 15.8. The number of methoxy groups -OCH3 is 2. The Morgan fingerprint density at radius 3 is 2.34 bits per heavy atom. The highest BCUT2D eigenvalue weighted by Crippen LogP contribution is 2.27. The van der Waals surface area contributed by atoms with Gasteiger partial charge in [0, 0.05) is 5.69 Å². The maximum atomic E-state index is 12.6. The van der Waals surface area contributed by atoms with Crippen LogP contribution in [0.1, 0.15) is 28.4 Å². The van der Waals surface area contributed by atoms with E-state index in [4.69, 9.17) is 15.2 Å². The molecular formula is C28H32N4O6. The quantitative estimate of drug-likeness (QED) is 0.233. The van der Waals surface area contributed by atoms with Gasteiger partial charge in [-0.25, -0.2) is 9.59 Å². The molecule has 0 aliphatic carbocycles. The van der Waals surface area contributed by atoms with E-state index in [0.29, 0.717) is 39.7 Å². The number of hydrogen-bond acceptors (Lipinski definition) is 7. The van der Waals surface area contributed by atoms with Crippen molar-refractivity contribution in [3.8, 4) is 11.5 Å². The Labute approximate surface area is 221 Å². The van der Waals surface area contributed by atoms with Gasteiger partial charge in [0.2, 0.25) is 5.91 Å². The fourth-order valence-corrected chi connectivity index (χ4v) is 3.63. The molecule has 0 heterocycles. The molecule has 38 heavy (non-hydrogen) atoms. The van der Waals surface area contributed by atoms with Gasteiger partial charge in [-0.1, -0.05) is 24.3 Å². The minimum Gasteiger partial charge on any atom is -0.495 e. The molecule has 200 valence electrons. The molecule has 1 atom stereocenters. The van der Waals surface area contributed by atoms with Gasteiger partial charge in [0.1, 0.15) is 18.1 Å². The molecule has 3 amide bonds. The van der Waals surface area contributed by atoms with Gasteiger partial charge in [-0.2, -0.15) is 0 Å². The Bertz CT molecular complexity index is 1310. The zero-order valence-electron chi connectivity index (χ0n) is 21.8. The smallest absolute Gasteiger partial charge is 0.337 e. The van der Waals surface area contributed by atoms with Crippen molar-refractivity contribution in [2.24, 2.45) is 0 Å². The third kappa shape index (κ3) is 7.63. The minimum absolute atomic E-state index is 0.104. The van der Waals surface area contributed by atoms with Gasteiger partial charge in [-0.15, -0.1) is 0 Å². The number of para-hydroxylation sites is 1. The highest BCUT2D eigenvalue weighted by atomic mass is 16.5. The van der Waals surface area contributed by atoms with Crippen molar-refractivity contribution < 1.29 is 28.6 Å². The van der Waals surface area contributed by atoms with E-state index in [-0.39, 0.29) is 25.0 Å². The average Bonchev–Trinajstić information content (AvgIpc) is 2.89. The van der Waals surface area contributed by atoms with Crippen LogP contribution in [0, 0.1) is 6.92 Å². The van der Waals surface area contributed by atoms with Crippen LogP contribution in [-0.4, -0.2) is 44.8 Å². The number of carbonyl (C=O) groups excluding carboxylic acids is 3. The summed E-state index contributed by atoms with van der Waals surface area (Å²) in [5.74, 6) is 0.126. The summed E-state index contributed by atoms with van der Waals surface area (Å²) in [6, 6.07) is 16.5. The van der Waals surface area contributed by atoms with Gasteiger partial charge >= 0.3 is 12.0 Å². The summed E-state index contributed by atoms with van der Waals surface area (Å²) in [4.78, 5) is 36.6. The standard InChI is InChI=1S/C28H32N4O6/c1-17-7-5-6-8-22(17)31-28(35)32-23-11-9-19(13-25(23)36-3)14-26(33)30-18(2)16-38-24-12-10-20(15-21(24)29)27(34)37-4/h5-13,15,18H,14,16,29H2,1-4H3,(H,30,33)(H2,31,32,35)/t18-/m0/s1. The first-order valence-corrected chi connectivity index (χ1v) is 11.9. The van der Waals surface area contributed by atoms with Crippen molar-refractivity contribution in [1.82, 2.24) is 5.32 Å². The Balaban J connectivity index is 1.52. The van der Waals surface area contributed by atoms with Gasteiger partial charge in [0.15, 0.2) is 0 Å². The number of nitrogens with two attached hydrogens (primary N) is 1. The topological polar surface area (TPSA) is 141 Å². The van der Waals surface area contributed by atoms with Crippen LogP contribution in [0.2, 0.25) is 0 Å². The molecule has 0 spiro atoms. The molecule has 0 radical (unpaired) electrons.